The van der Waals surface area contributed by atoms with Crippen LogP contribution in [0.5, 0.6) is 0 Å². The molecule has 4 nitrogen and oxygen atoms in total. The first-order valence-corrected chi connectivity index (χ1v) is 4.10. The Kier molecular flexibility index (Phi) is 2.02. The van der Waals surface area contributed by atoms with E-state index in [4.69, 9.17) is 0 Å². The first-order valence-electron chi connectivity index (χ1n) is 4.10. The lowest BCUT2D eigenvalue weighted by atomic mass is 10.3. The van der Waals surface area contributed by atoms with Crippen molar-refractivity contribution in [3.63, 3.8) is 0 Å². The van der Waals surface area contributed by atoms with E-state index in [0.29, 0.717) is 5.69 Å². The number of carboxylic acid groups (broad SMARTS) is 1. The molecule has 0 N–H and O–H groups in total. The zero-order valence-corrected chi connectivity index (χ0v) is 7.25. The number of nitrogens with zero attached hydrogens (tertiary/aromatic N) is 2. The fraction of sp³-hybridized carbons (Fsp3) is 0. The zero-order valence-electron chi connectivity index (χ0n) is 7.25. The SMILES string of the molecule is O=C([O-])c1ccnn1-c1ccccc1. The minimum Gasteiger partial charge on any atom is -0.543 e. The number of carbonyl (C=O) groups excluding carboxylic acids is 1. The van der Waals surface area contributed by atoms with Gasteiger partial charge >= 0.3 is 0 Å². The second-order valence-electron chi connectivity index (χ2n) is 2.75. The summed E-state index contributed by atoms with van der Waals surface area (Å²) in [5.41, 5.74) is 0.757. The maximum atomic E-state index is 10.7. The lowest BCUT2D eigenvalue weighted by molar-refractivity contribution is -0.255. The molecule has 0 aliphatic rings. The maximum Gasteiger partial charge on any atom is 0.0901 e. The summed E-state index contributed by atoms with van der Waals surface area (Å²) in [7, 11) is 0. The van der Waals surface area contributed by atoms with E-state index < -0.39 is 5.97 Å². The second-order valence-corrected chi connectivity index (χ2v) is 2.75. The van der Waals surface area contributed by atoms with Gasteiger partial charge in [-0.1, -0.05) is 18.2 Å². The topological polar surface area (TPSA) is 57.9 Å². The molecular weight excluding hydrogens is 180 g/mol. The third kappa shape index (κ3) is 1.37. The summed E-state index contributed by atoms with van der Waals surface area (Å²) in [5, 5.41) is 14.6. The Morgan fingerprint density at radius 1 is 1.21 bits per heavy atom. The average Bonchev–Trinajstić information content (AvgIpc) is 2.67. The fourth-order valence-corrected chi connectivity index (χ4v) is 1.23. The van der Waals surface area contributed by atoms with Crippen molar-refractivity contribution >= 4 is 5.97 Å². The maximum absolute atomic E-state index is 10.7. The van der Waals surface area contributed by atoms with Gasteiger partial charge in [-0.2, -0.15) is 5.10 Å². The molecule has 0 aliphatic heterocycles. The van der Waals surface area contributed by atoms with Crippen molar-refractivity contribution in [2.75, 3.05) is 0 Å². The number of benzene rings is 1. The van der Waals surface area contributed by atoms with Gasteiger partial charge in [-0.05, 0) is 18.2 Å². The molecule has 0 fully saturated rings. The number of aromatic nitrogens is 2. The zero-order chi connectivity index (χ0) is 9.97. The van der Waals surface area contributed by atoms with Crippen LogP contribution in [0, 0.1) is 0 Å². The Balaban J connectivity index is 2.52. The Morgan fingerprint density at radius 3 is 2.57 bits per heavy atom. The van der Waals surface area contributed by atoms with Crippen molar-refractivity contribution < 1.29 is 9.90 Å². The van der Waals surface area contributed by atoms with Crippen molar-refractivity contribution in [2.24, 2.45) is 0 Å². The summed E-state index contributed by atoms with van der Waals surface area (Å²) >= 11 is 0. The fourth-order valence-electron chi connectivity index (χ4n) is 1.23. The van der Waals surface area contributed by atoms with Gasteiger partial charge in [-0.3, -0.25) is 0 Å². The van der Waals surface area contributed by atoms with E-state index in [0.717, 1.165) is 0 Å². The molecular formula is C10H7N2O2-. The molecule has 1 aromatic carbocycles. The summed E-state index contributed by atoms with van der Waals surface area (Å²) in [6, 6.07) is 10.4. The largest absolute Gasteiger partial charge is 0.543 e. The smallest absolute Gasteiger partial charge is 0.0901 e. The van der Waals surface area contributed by atoms with E-state index in [1.54, 1.807) is 12.1 Å². The molecule has 0 saturated carbocycles. The highest BCUT2D eigenvalue weighted by Gasteiger charge is 2.03. The number of hydrogen-bond acceptors (Lipinski definition) is 3. The minimum atomic E-state index is -1.23. The van der Waals surface area contributed by atoms with Crippen molar-refractivity contribution in [3.05, 3.63) is 48.3 Å². The molecule has 2 aromatic rings. The van der Waals surface area contributed by atoms with E-state index in [1.807, 2.05) is 18.2 Å². The summed E-state index contributed by atoms with van der Waals surface area (Å²) in [4.78, 5) is 10.7. The van der Waals surface area contributed by atoms with Crippen LogP contribution in [0.1, 0.15) is 10.5 Å². The molecule has 4 heteroatoms. The van der Waals surface area contributed by atoms with Crippen molar-refractivity contribution in [1.29, 1.82) is 0 Å². The minimum absolute atomic E-state index is 0.0520. The number of rotatable bonds is 2. The molecule has 0 saturated heterocycles. The number of aromatic carboxylic acids is 1. The Hall–Kier alpha value is -2.10. The lowest BCUT2D eigenvalue weighted by Gasteiger charge is -2.06. The van der Waals surface area contributed by atoms with E-state index in [2.05, 4.69) is 5.10 Å². The van der Waals surface area contributed by atoms with E-state index in [9.17, 15) is 9.90 Å². The molecule has 0 spiro atoms. The highest BCUT2D eigenvalue weighted by molar-refractivity contribution is 5.84. The van der Waals surface area contributed by atoms with Crippen LogP contribution < -0.4 is 5.11 Å². The molecule has 14 heavy (non-hydrogen) atoms. The monoisotopic (exact) mass is 187 g/mol. The molecule has 1 aromatic heterocycles. The van der Waals surface area contributed by atoms with Gasteiger partial charge in [0.05, 0.1) is 23.5 Å². The molecule has 0 unspecified atom stereocenters. The quantitative estimate of drug-likeness (QED) is 0.676. The molecule has 0 atom stereocenters. The van der Waals surface area contributed by atoms with Gasteiger partial charge in [0, 0.05) is 0 Å². The van der Waals surface area contributed by atoms with E-state index in [1.165, 1.54) is 16.9 Å². The van der Waals surface area contributed by atoms with Crippen molar-refractivity contribution in [1.82, 2.24) is 9.78 Å². The van der Waals surface area contributed by atoms with Gasteiger partial charge in [-0.15, -0.1) is 0 Å². The normalized spacial score (nSPS) is 10.0. The first-order chi connectivity index (χ1) is 6.79. The van der Waals surface area contributed by atoms with Gasteiger partial charge in [-0.25, -0.2) is 4.68 Å². The Labute approximate surface area is 80.4 Å². The van der Waals surface area contributed by atoms with Crippen LogP contribution in [0.25, 0.3) is 5.69 Å². The van der Waals surface area contributed by atoms with Crippen molar-refractivity contribution in [3.8, 4) is 5.69 Å². The number of carbonyl (C=O) groups is 1. The van der Waals surface area contributed by atoms with Gasteiger partial charge in [0.2, 0.25) is 0 Å². The summed E-state index contributed by atoms with van der Waals surface area (Å²) in [6.07, 6.45) is 1.43. The number of carboxylic acids is 1. The average molecular weight is 187 g/mol. The summed E-state index contributed by atoms with van der Waals surface area (Å²) in [5.74, 6) is -1.23. The number of para-hydroxylation sites is 1. The van der Waals surface area contributed by atoms with Crippen LogP contribution in [-0.2, 0) is 0 Å². The van der Waals surface area contributed by atoms with Gasteiger partial charge in [0.25, 0.3) is 0 Å². The van der Waals surface area contributed by atoms with Gasteiger partial charge < -0.3 is 9.90 Å². The predicted octanol–water partition coefficient (Wildman–Crippen LogP) is 0.236. The summed E-state index contributed by atoms with van der Waals surface area (Å²) < 4.78 is 1.33. The first kappa shape index (κ1) is 8.50. The molecule has 70 valence electrons. The van der Waals surface area contributed by atoms with Crippen LogP contribution in [0.15, 0.2) is 42.6 Å². The highest BCUT2D eigenvalue weighted by Crippen LogP contribution is 2.08. The third-order valence-electron chi connectivity index (χ3n) is 1.85. The molecule has 0 bridgehead atoms. The van der Waals surface area contributed by atoms with Crippen molar-refractivity contribution in [2.45, 2.75) is 0 Å². The number of hydrogen-bond donors (Lipinski definition) is 0. The van der Waals surface area contributed by atoms with Crippen LogP contribution >= 0.6 is 0 Å². The molecule has 0 aliphatic carbocycles. The standard InChI is InChI=1S/C10H8N2O2/c13-10(14)9-6-7-11-12(9)8-4-2-1-3-5-8/h1-7H,(H,13,14)/p-1. The van der Waals surface area contributed by atoms with Gasteiger partial charge in [0.15, 0.2) is 0 Å². The van der Waals surface area contributed by atoms with E-state index >= 15 is 0 Å². The molecule has 2 rings (SSSR count). The van der Waals surface area contributed by atoms with Crippen LogP contribution in [-0.4, -0.2) is 15.7 Å². The Morgan fingerprint density at radius 2 is 1.93 bits per heavy atom. The Bertz CT molecular complexity index is 448. The molecule has 0 amide bonds. The third-order valence-corrected chi connectivity index (χ3v) is 1.85. The van der Waals surface area contributed by atoms with Crippen LogP contribution in [0.4, 0.5) is 0 Å². The van der Waals surface area contributed by atoms with E-state index in [-0.39, 0.29) is 5.69 Å². The second kappa shape index (κ2) is 3.33. The summed E-state index contributed by atoms with van der Waals surface area (Å²) in [6.45, 7) is 0. The van der Waals surface area contributed by atoms with Gasteiger partial charge in [0.1, 0.15) is 0 Å². The molecule has 1 heterocycles. The molecule has 0 radical (unpaired) electrons. The van der Waals surface area contributed by atoms with Crippen LogP contribution in [0.3, 0.4) is 0 Å². The highest BCUT2D eigenvalue weighted by atomic mass is 16.4. The van der Waals surface area contributed by atoms with Crippen LogP contribution in [0.2, 0.25) is 0 Å². The predicted molar refractivity (Wildman–Crippen MR) is 47.9 cm³/mol. The lowest BCUT2D eigenvalue weighted by Crippen LogP contribution is -2.25.